The Labute approximate surface area is 126 Å². The maximum atomic E-state index is 12.6. The summed E-state index contributed by atoms with van der Waals surface area (Å²) in [4.78, 5) is 12.6. The third-order valence-corrected chi connectivity index (χ3v) is 4.13. The van der Waals surface area contributed by atoms with Gasteiger partial charge in [-0.2, -0.15) is 5.26 Å². The molecular weight excluding hydrogens is 262 g/mol. The summed E-state index contributed by atoms with van der Waals surface area (Å²) >= 11 is 0. The highest BCUT2D eigenvalue weighted by Crippen LogP contribution is 2.34. The predicted molar refractivity (Wildman–Crippen MR) is 82.3 cm³/mol. The molecule has 2 rings (SSSR count). The average Bonchev–Trinajstić information content (AvgIpc) is 2.51. The minimum atomic E-state index is -0.166. The summed E-state index contributed by atoms with van der Waals surface area (Å²) in [5, 5.41) is 8.81. The van der Waals surface area contributed by atoms with Gasteiger partial charge in [0, 0.05) is 6.42 Å². The van der Waals surface area contributed by atoms with Gasteiger partial charge in [0.2, 0.25) is 0 Å². The largest absolute Gasteiger partial charge is 0.489 e. The molecule has 112 valence electrons. The van der Waals surface area contributed by atoms with Gasteiger partial charge in [0.05, 0.1) is 17.6 Å². The first-order valence-electron chi connectivity index (χ1n) is 7.94. The van der Waals surface area contributed by atoms with Crippen molar-refractivity contribution in [2.45, 2.75) is 58.0 Å². The molecule has 3 nitrogen and oxygen atoms in total. The first kappa shape index (κ1) is 15.6. The van der Waals surface area contributed by atoms with Gasteiger partial charge in [-0.05, 0) is 31.4 Å². The molecule has 0 bridgehead atoms. The van der Waals surface area contributed by atoms with Crippen LogP contribution in [0, 0.1) is 17.2 Å². The predicted octanol–water partition coefficient (Wildman–Crippen LogP) is 4.52. The molecule has 1 aromatic rings. The Morgan fingerprint density at radius 2 is 2.00 bits per heavy atom. The van der Waals surface area contributed by atoms with Gasteiger partial charge in [0.15, 0.2) is 5.78 Å². The lowest BCUT2D eigenvalue weighted by atomic mass is 9.84. The van der Waals surface area contributed by atoms with Crippen molar-refractivity contribution >= 4 is 5.78 Å². The van der Waals surface area contributed by atoms with E-state index in [1.54, 1.807) is 0 Å². The van der Waals surface area contributed by atoms with Crippen molar-refractivity contribution in [1.29, 1.82) is 5.26 Å². The molecule has 0 saturated heterocycles. The van der Waals surface area contributed by atoms with Crippen molar-refractivity contribution in [3.8, 4) is 11.8 Å². The summed E-state index contributed by atoms with van der Waals surface area (Å²) in [5.74, 6) is 0.685. The van der Waals surface area contributed by atoms with Crippen LogP contribution < -0.4 is 4.74 Å². The fourth-order valence-electron chi connectivity index (χ4n) is 2.96. The zero-order valence-electron chi connectivity index (χ0n) is 12.7. The molecule has 1 heterocycles. The number of ketones is 1. The van der Waals surface area contributed by atoms with Gasteiger partial charge in [-0.15, -0.1) is 0 Å². The first-order chi connectivity index (χ1) is 10.3. The van der Waals surface area contributed by atoms with Gasteiger partial charge < -0.3 is 4.74 Å². The molecule has 0 aromatic heterocycles. The van der Waals surface area contributed by atoms with E-state index in [4.69, 9.17) is 10.00 Å². The lowest BCUT2D eigenvalue weighted by molar-refractivity contribution is 0.0612. The third kappa shape index (κ3) is 3.85. The van der Waals surface area contributed by atoms with Crippen LogP contribution in [0.4, 0.5) is 0 Å². The second-order valence-electron chi connectivity index (χ2n) is 5.67. The number of rotatable bonds is 7. The standard InChI is InChI=1S/C18H23NO2/c1-2-3-4-5-11-16-15(10-8-13-19)18(20)14-9-6-7-12-17(14)21-16/h6-7,9,12,15-16H,2-5,8,10-11H2,1H3. The Morgan fingerprint density at radius 1 is 1.19 bits per heavy atom. The van der Waals surface area contributed by atoms with E-state index in [1.165, 1.54) is 19.3 Å². The fraction of sp³-hybridized carbons (Fsp3) is 0.556. The quantitative estimate of drug-likeness (QED) is 0.692. The highest BCUT2D eigenvalue weighted by molar-refractivity contribution is 6.01. The SMILES string of the molecule is CCCCCCC1Oc2ccccc2C(=O)C1CCC#N. The number of hydrogen-bond acceptors (Lipinski definition) is 3. The molecule has 0 aliphatic carbocycles. The molecule has 21 heavy (non-hydrogen) atoms. The van der Waals surface area contributed by atoms with Crippen molar-refractivity contribution in [3.63, 3.8) is 0 Å². The van der Waals surface area contributed by atoms with Crippen LogP contribution in [0.5, 0.6) is 5.75 Å². The highest BCUT2D eigenvalue weighted by atomic mass is 16.5. The van der Waals surface area contributed by atoms with Gasteiger partial charge >= 0.3 is 0 Å². The van der Waals surface area contributed by atoms with Crippen LogP contribution in [0.1, 0.15) is 62.2 Å². The van der Waals surface area contributed by atoms with Gasteiger partial charge in [-0.1, -0.05) is 38.3 Å². The molecule has 0 N–H and O–H groups in total. The molecule has 0 radical (unpaired) electrons. The molecular formula is C18H23NO2. The number of nitriles is 1. The van der Waals surface area contributed by atoms with E-state index in [-0.39, 0.29) is 17.8 Å². The van der Waals surface area contributed by atoms with Crippen LogP contribution in [0.25, 0.3) is 0 Å². The number of para-hydroxylation sites is 1. The molecule has 0 spiro atoms. The van der Waals surface area contributed by atoms with Crippen LogP contribution in [-0.2, 0) is 0 Å². The van der Waals surface area contributed by atoms with E-state index in [0.717, 1.165) is 12.8 Å². The van der Waals surface area contributed by atoms with Crippen LogP contribution in [0.15, 0.2) is 24.3 Å². The summed E-state index contributed by atoms with van der Waals surface area (Å²) in [5.41, 5.74) is 0.672. The topological polar surface area (TPSA) is 50.1 Å². The monoisotopic (exact) mass is 285 g/mol. The number of ether oxygens (including phenoxy) is 1. The Bertz CT molecular complexity index is 518. The second kappa shape index (κ2) is 7.83. The van der Waals surface area contributed by atoms with E-state index in [0.29, 0.717) is 24.2 Å². The molecule has 0 amide bonds. The highest BCUT2D eigenvalue weighted by Gasteiger charge is 2.36. The van der Waals surface area contributed by atoms with Gasteiger partial charge in [-0.25, -0.2) is 0 Å². The third-order valence-electron chi connectivity index (χ3n) is 4.13. The normalized spacial score (nSPS) is 20.5. The van der Waals surface area contributed by atoms with Gasteiger partial charge in [0.25, 0.3) is 0 Å². The lowest BCUT2D eigenvalue weighted by Crippen LogP contribution is -2.37. The number of benzene rings is 1. The number of hydrogen-bond donors (Lipinski definition) is 0. The molecule has 0 saturated carbocycles. The van der Waals surface area contributed by atoms with Gasteiger partial charge in [0.1, 0.15) is 11.9 Å². The number of fused-ring (bicyclic) bond motifs is 1. The molecule has 1 aliphatic rings. The smallest absolute Gasteiger partial charge is 0.173 e. The van der Waals surface area contributed by atoms with E-state index in [2.05, 4.69) is 13.0 Å². The van der Waals surface area contributed by atoms with E-state index >= 15 is 0 Å². The minimum absolute atomic E-state index is 0.0717. The van der Waals surface area contributed by atoms with Crippen LogP contribution in [0.2, 0.25) is 0 Å². The molecule has 1 aliphatic heterocycles. The van der Waals surface area contributed by atoms with Crippen molar-refractivity contribution < 1.29 is 9.53 Å². The number of carbonyl (C=O) groups is 1. The maximum absolute atomic E-state index is 12.6. The zero-order valence-corrected chi connectivity index (χ0v) is 12.7. The minimum Gasteiger partial charge on any atom is -0.489 e. The van der Waals surface area contributed by atoms with Crippen LogP contribution in [0.3, 0.4) is 0 Å². The van der Waals surface area contributed by atoms with Crippen LogP contribution >= 0.6 is 0 Å². The summed E-state index contributed by atoms with van der Waals surface area (Å²) in [6, 6.07) is 9.60. The molecule has 2 unspecified atom stereocenters. The summed E-state index contributed by atoms with van der Waals surface area (Å²) in [6.07, 6.45) is 6.52. The van der Waals surface area contributed by atoms with Gasteiger partial charge in [-0.3, -0.25) is 4.79 Å². The van der Waals surface area contributed by atoms with Crippen molar-refractivity contribution in [3.05, 3.63) is 29.8 Å². The Kier molecular flexibility index (Phi) is 5.80. The first-order valence-corrected chi connectivity index (χ1v) is 7.94. The maximum Gasteiger partial charge on any atom is 0.173 e. The van der Waals surface area contributed by atoms with Crippen LogP contribution in [-0.4, -0.2) is 11.9 Å². The Balaban J connectivity index is 2.09. The summed E-state index contributed by atoms with van der Waals surface area (Å²) in [7, 11) is 0. The number of nitrogens with zero attached hydrogens (tertiary/aromatic N) is 1. The number of Topliss-reactive ketones (excluding diaryl/α,β-unsaturated/α-hetero) is 1. The average molecular weight is 285 g/mol. The van der Waals surface area contributed by atoms with Crippen molar-refractivity contribution in [2.24, 2.45) is 5.92 Å². The molecule has 3 heteroatoms. The zero-order chi connectivity index (χ0) is 15.1. The van der Waals surface area contributed by atoms with E-state index < -0.39 is 0 Å². The Hall–Kier alpha value is -1.82. The van der Waals surface area contributed by atoms with Crippen molar-refractivity contribution in [1.82, 2.24) is 0 Å². The summed E-state index contributed by atoms with van der Waals surface area (Å²) in [6.45, 7) is 2.19. The van der Waals surface area contributed by atoms with E-state index in [9.17, 15) is 4.79 Å². The second-order valence-corrected chi connectivity index (χ2v) is 5.67. The molecule has 2 atom stereocenters. The Morgan fingerprint density at radius 3 is 2.76 bits per heavy atom. The van der Waals surface area contributed by atoms with Crippen molar-refractivity contribution in [2.75, 3.05) is 0 Å². The molecule has 1 aromatic carbocycles. The van der Waals surface area contributed by atoms with E-state index in [1.807, 2.05) is 24.3 Å². The fourth-order valence-corrected chi connectivity index (χ4v) is 2.96. The lowest BCUT2D eigenvalue weighted by Gasteiger charge is -2.32. The molecule has 0 fully saturated rings. The number of unbranched alkanes of at least 4 members (excludes halogenated alkanes) is 3. The summed E-state index contributed by atoms with van der Waals surface area (Å²) < 4.78 is 6.06. The number of carbonyl (C=O) groups excluding carboxylic acids is 1.